The van der Waals surface area contributed by atoms with Crippen molar-refractivity contribution in [3.8, 4) is 0 Å². The molecule has 1 unspecified atom stereocenters. The summed E-state index contributed by atoms with van der Waals surface area (Å²) in [5.74, 6) is 2.10. The summed E-state index contributed by atoms with van der Waals surface area (Å²) in [5.41, 5.74) is 1.21. The number of aliphatic hydroxyl groups excluding tert-OH is 2. The highest BCUT2D eigenvalue weighted by atomic mass is 16.3. The van der Waals surface area contributed by atoms with Crippen molar-refractivity contribution in [1.29, 1.82) is 0 Å². The Morgan fingerprint density at radius 2 is 1.95 bits per heavy atom. The van der Waals surface area contributed by atoms with E-state index in [0.717, 1.165) is 38.5 Å². The van der Waals surface area contributed by atoms with E-state index in [2.05, 4.69) is 6.92 Å². The number of fused-ring (bicyclic) bond motifs is 5. The van der Waals surface area contributed by atoms with Crippen molar-refractivity contribution < 1.29 is 15.0 Å². The van der Waals surface area contributed by atoms with Gasteiger partial charge in [0, 0.05) is 6.42 Å². The summed E-state index contributed by atoms with van der Waals surface area (Å²) in [6.07, 6.45) is 7.72. The van der Waals surface area contributed by atoms with Crippen molar-refractivity contribution in [3.63, 3.8) is 0 Å². The minimum atomic E-state index is -0.314. The molecule has 0 aromatic carbocycles. The van der Waals surface area contributed by atoms with Crippen LogP contribution in [-0.2, 0) is 4.79 Å². The lowest BCUT2D eigenvalue weighted by Crippen LogP contribution is -2.53. The average molecular weight is 290 g/mol. The summed E-state index contributed by atoms with van der Waals surface area (Å²) in [5, 5.41) is 21.2. The van der Waals surface area contributed by atoms with Gasteiger partial charge < -0.3 is 10.2 Å². The van der Waals surface area contributed by atoms with Gasteiger partial charge in [-0.05, 0) is 73.7 Å². The second kappa shape index (κ2) is 4.66. The second-order valence-electron chi connectivity index (χ2n) is 8.09. The highest BCUT2D eigenvalue weighted by Crippen LogP contribution is 2.61. The second-order valence-corrected chi connectivity index (χ2v) is 8.09. The standard InChI is InChI=1S/C18H26O3/c1-18-9-15(20)17-12-5-3-11(19)8-10(12)2-4-13(17)14(18)6-7-16(18)21/h8,12-17,20-21H,2-7,9H2,1H3/t12-,13-,14-,15?,16-,17+,18-/m0/s1. The van der Waals surface area contributed by atoms with Crippen LogP contribution in [0.3, 0.4) is 0 Å². The number of carbonyl (C=O) groups excluding carboxylic acids is 1. The van der Waals surface area contributed by atoms with Gasteiger partial charge in [-0.1, -0.05) is 12.5 Å². The molecule has 0 amide bonds. The largest absolute Gasteiger partial charge is 0.393 e. The molecular weight excluding hydrogens is 264 g/mol. The van der Waals surface area contributed by atoms with Crippen LogP contribution < -0.4 is 0 Å². The van der Waals surface area contributed by atoms with Gasteiger partial charge in [0.15, 0.2) is 5.78 Å². The third-order valence-corrected chi connectivity index (χ3v) is 7.22. The summed E-state index contributed by atoms with van der Waals surface area (Å²) < 4.78 is 0. The molecule has 116 valence electrons. The molecule has 0 aromatic rings. The summed E-state index contributed by atoms with van der Waals surface area (Å²) in [4.78, 5) is 11.7. The number of rotatable bonds is 0. The number of hydrogen-bond donors (Lipinski definition) is 2. The van der Waals surface area contributed by atoms with Gasteiger partial charge in [0.1, 0.15) is 0 Å². The predicted octanol–water partition coefficient (Wildman–Crippen LogP) is 2.46. The number of ketones is 1. The molecule has 2 N–H and O–H groups in total. The van der Waals surface area contributed by atoms with Gasteiger partial charge in [0.2, 0.25) is 0 Å². The fourth-order valence-corrected chi connectivity index (χ4v) is 6.23. The summed E-state index contributed by atoms with van der Waals surface area (Å²) in [7, 11) is 0. The minimum Gasteiger partial charge on any atom is -0.393 e. The van der Waals surface area contributed by atoms with Crippen molar-refractivity contribution in [2.24, 2.45) is 29.1 Å². The highest BCUT2D eigenvalue weighted by molar-refractivity contribution is 5.91. The Morgan fingerprint density at radius 1 is 1.14 bits per heavy atom. The zero-order valence-corrected chi connectivity index (χ0v) is 12.8. The number of aliphatic hydroxyl groups is 2. The van der Waals surface area contributed by atoms with E-state index in [-0.39, 0.29) is 23.4 Å². The lowest BCUT2D eigenvalue weighted by molar-refractivity contribution is -0.125. The molecule has 0 spiro atoms. The maximum absolute atomic E-state index is 11.7. The molecule has 4 rings (SSSR count). The topological polar surface area (TPSA) is 57.5 Å². The van der Waals surface area contributed by atoms with Crippen molar-refractivity contribution in [2.75, 3.05) is 0 Å². The molecule has 21 heavy (non-hydrogen) atoms. The van der Waals surface area contributed by atoms with Crippen LogP contribution in [0.4, 0.5) is 0 Å². The van der Waals surface area contributed by atoms with Crippen LogP contribution in [0.2, 0.25) is 0 Å². The maximum atomic E-state index is 11.7. The highest BCUT2D eigenvalue weighted by Gasteiger charge is 2.58. The fraction of sp³-hybridized carbons (Fsp3) is 0.833. The Balaban J connectivity index is 1.68. The number of carbonyl (C=O) groups is 1. The Hall–Kier alpha value is -0.670. The Morgan fingerprint density at radius 3 is 2.76 bits per heavy atom. The van der Waals surface area contributed by atoms with Crippen LogP contribution in [0.25, 0.3) is 0 Å². The summed E-state index contributed by atoms with van der Waals surface area (Å²) >= 11 is 0. The number of hydrogen-bond acceptors (Lipinski definition) is 3. The van der Waals surface area contributed by atoms with Crippen molar-refractivity contribution >= 4 is 5.78 Å². The molecule has 3 saturated carbocycles. The van der Waals surface area contributed by atoms with E-state index in [1.54, 1.807) is 0 Å². The van der Waals surface area contributed by atoms with Crippen molar-refractivity contribution in [3.05, 3.63) is 11.6 Å². The zero-order valence-electron chi connectivity index (χ0n) is 12.8. The quantitative estimate of drug-likeness (QED) is 0.720. The lowest BCUT2D eigenvalue weighted by Gasteiger charge is -2.55. The van der Waals surface area contributed by atoms with Crippen LogP contribution in [-0.4, -0.2) is 28.2 Å². The molecule has 3 nitrogen and oxygen atoms in total. The zero-order chi connectivity index (χ0) is 14.8. The smallest absolute Gasteiger partial charge is 0.155 e. The molecule has 0 radical (unpaired) electrons. The lowest BCUT2D eigenvalue weighted by atomic mass is 9.51. The van der Waals surface area contributed by atoms with E-state index in [9.17, 15) is 15.0 Å². The molecule has 4 aliphatic rings. The minimum absolute atomic E-state index is 0.0910. The van der Waals surface area contributed by atoms with Gasteiger partial charge >= 0.3 is 0 Å². The van der Waals surface area contributed by atoms with Crippen LogP contribution in [0.1, 0.15) is 51.9 Å². The van der Waals surface area contributed by atoms with E-state index in [0.29, 0.717) is 30.1 Å². The molecule has 3 heteroatoms. The van der Waals surface area contributed by atoms with Gasteiger partial charge in [-0.25, -0.2) is 0 Å². The Kier molecular flexibility index (Phi) is 3.10. The first-order valence-corrected chi connectivity index (χ1v) is 8.60. The number of allylic oxidation sites excluding steroid dienone is 1. The average Bonchev–Trinajstić information content (AvgIpc) is 2.74. The third-order valence-electron chi connectivity index (χ3n) is 7.22. The first-order chi connectivity index (χ1) is 10.0. The van der Waals surface area contributed by atoms with Gasteiger partial charge in [-0.3, -0.25) is 4.79 Å². The van der Waals surface area contributed by atoms with Crippen LogP contribution in [0, 0.1) is 29.1 Å². The molecule has 0 aromatic heterocycles. The molecule has 4 aliphatic carbocycles. The predicted molar refractivity (Wildman–Crippen MR) is 79.5 cm³/mol. The van der Waals surface area contributed by atoms with Crippen LogP contribution in [0.15, 0.2) is 11.6 Å². The molecule has 0 bridgehead atoms. The van der Waals surface area contributed by atoms with Gasteiger partial charge in [-0.15, -0.1) is 0 Å². The normalized spacial score (nSPS) is 52.7. The van der Waals surface area contributed by atoms with Crippen LogP contribution in [0.5, 0.6) is 0 Å². The Bertz CT molecular complexity index is 497. The van der Waals surface area contributed by atoms with Crippen molar-refractivity contribution in [2.45, 2.75) is 64.1 Å². The molecular formula is C18H26O3. The van der Waals surface area contributed by atoms with E-state index in [4.69, 9.17) is 0 Å². The van der Waals surface area contributed by atoms with E-state index < -0.39 is 0 Å². The van der Waals surface area contributed by atoms with Gasteiger partial charge in [-0.2, -0.15) is 0 Å². The van der Waals surface area contributed by atoms with Gasteiger partial charge in [0.05, 0.1) is 12.2 Å². The van der Waals surface area contributed by atoms with E-state index in [1.165, 1.54) is 5.57 Å². The molecule has 7 atom stereocenters. The fourth-order valence-electron chi connectivity index (χ4n) is 6.23. The van der Waals surface area contributed by atoms with Gasteiger partial charge in [0.25, 0.3) is 0 Å². The Labute approximate surface area is 126 Å². The molecule has 0 aliphatic heterocycles. The maximum Gasteiger partial charge on any atom is 0.155 e. The molecule has 3 fully saturated rings. The SMILES string of the molecule is C[C@]12CC(O)[C@H]3[C@@H](CCC4=CC(=O)CC[C@@H]43)[C@@H]1CC[C@@H]2O. The monoisotopic (exact) mass is 290 g/mol. The van der Waals surface area contributed by atoms with E-state index in [1.807, 2.05) is 6.08 Å². The summed E-state index contributed by atoms with van der Waals surface area (Å²) in [6.45, 7) is 2.19. The first kappa shape index (κ1) is 14.0. The first-order valence-electron chi connectivity index (χ1n) is 8.60. The molecule has 0 heterocycles. The molecule has 0 saturated heterocycles. The third kappa shape index (κ3) is 1.90. The van der Waals surface area contributed by atoms with Crippen LogP contribution >= 0.6 is 0 Å². The summed E-state index contributed by atoms with van der Waals surface area (Å²) in [6, 6.07) is 0. The van der Waals surface area contributed by atoms with Crippen molar-refractivity contribution in [1.82, 2.24) is 0 Å². The van der Waals surface area contributed by atoms with E-state index >= 15 is 0 Å².